The van der Waals surface area contributed by atoms with E-state index in [1.807, 2.05) is 19.1 Å². The highest BCUT2D eigenvalue weighted by atomic mass is 32.2. The molecule has 7 heteroatoms. The molecule has 3 rings (SSSR count). The summed E-state index contributed by atoms with van der Waals surface area (Å²) in [4.78, 5) is 15.2. The second kappa shape index (κ2) is 7.94. The van der Waals surface area contributed by atoms with E-state index in [0.717, 1.165) is 16.6 Å². The van der Waals surface area contributed by atoms with Gasteiger partial charge in [0.15, 0.2) is 0 Å². The fraction of sp³-hybridized carbons (Fsp3) is 0.250. The molecule has 2 aromatic carbocycles. The molecule has 0 bridgehead atoms. The Labute approximate surface area is 158 Å². The number of fused-ring (bicyclic) bond motifs is 1. The summed E-state index contributed by atoms with van der Waals surface area (Å²) < 4.78 is 34.2. The molecule has 0 amide bonds. The molecule has 142 valence electrons. The number of rotatable bonds is 7. The normalized spacial score (nSPS) is 11.6. The smallest absolute Gasteiger partial charge is 0.339 e. The zero-order valence-electron chi connectivity index (χ0n) is 15.2. The van der Waals surface area contributed by atoms with Gasteiger partial charge < -0.3 is 9.72 Å². The van der Waals surface area contributed by atoms with E-state index in [4.69, 9.17) is 8.92 Å². The SMILES string of the molecule is COC(=O)c1cccc2cc(CCCOS(=O)(=O)c3ccc(C)cc3)[nH]c12. The van der Waals surface area contributed by atoms with E-state index in [2.05, 4.69) is 4.98 Å². The fourth-order valence-electron chi connectivity index (χ4n) is 2.83. The summed E-state index contributed by atoms with van der Waals surface area (Å²) in [6, 6.07) is 13.9. The van der Waals surface area contributed by atoms with Gasteiger partial charge in [-0.15, -0.1) is 0 Å². The van der Waals surface area contributed by atoms with Crippen molar-refractivity contribution in [2.24, 2.45) is 0 Å². The van der Waals surface area contributed by atoms with E-state index in [9.17, 15) is 13.2 Å². The number of aromatic amines is 1. The number of aromatic nitrogens is 1. The Morgan fingerprint density at radius 2 is 1.85 bits per heavy atom. The third kappa shape index (κ3) is 4.37. The number of benzene rings is 2. The van der Waals surface area contributed by atoms with E-state index in [0.29, 0.717) is 23.9 Å². The highest BCUT2D eigenvalue weighted by molar-refractivity contribution is 7.86. The molecule has 1 heterocycles. The van der Waals surface area contributed by atoms with Gasteiger partial charge >= 0.3 is 5.97 Å². The van der Waals surface area contributed by atoms with Crippen LogP contribution in [0.1, 0.15) is 28.0 Å². The average molecular weight is 387 g/mol. The largest absolute Gasteiger partial charge is 0.465 e. The predicted octanol–water partition coefficient (Wildman–Crippen LogP) is 3.60. The number of H-pyrrole nitrogens is 1. The minimum absolute atomic E-state index is 0.0788. The quantitative estimate of drug-likeness (QED) is 0.380. The number of carbonyl (C=O) groups excluding carboxylic acids is 1. The van der Waals surface area contributed by atoms with E-state index < -0.39 is 16.1 Å². The summed E-state index contributed by atoms with van der Waals surface area (Å²) in [7, 11) is -2.40. The number of hydrogen-bond donors (Lipinski definition) is 1. The number of para-hydroxylation sites is 1. The van der Waals surface area contributed by atoms with Crippen LogP contribution in [0.15, 0.2) is 53.4 Å². The molecular weight excluding hydrogens is 366 g/mol. The first kappa shape index (κ1) is 19.1. The van der Waals surface area contributed by atoms with E-state index in [1.165, 1.54) is 19.2 Å². The van der Waals surface area contributed by atoms with E-state index in [-0.39, 0.29) is 11.5 Å². The summed E-state index contributed by atoms with van der Waals surface area (Å²) >= 11 is 0. The van der Waals surface area contributed by atoms with E-state index in [1.54, 1.807) is 24.3 Å². The molecule has 0 aliphatic rings. The summed E-state index contributed by atoms with van der Waals surface area (Å²) in [5.41, 5.74) is 3.07. The lowest BCUT2D eigenvalue weighted by molar-refractivity contribution is 0.0602. The topological polar surface area (TPSA) is 85.5 Å². The van der Waals surface area contributed by atoms with Crippen molar-refractivity contribution in [1.82, 2.24) is 4.98 Å². The molecule has 1 N–H and O–H groups in total. The molecule has 0 saturated heterocycles. The lowest BCUT2D eigenvalue weighted by atomic mass is 10.1. The molecule has 0 radical (unpaired) electrons. The molecule has 1 aromatic heterocycles. The van der Waals surface area contributed by atoms with E-state index >= 15 is 0 Å². The highest BCUT2D eigenvalue weighted by Crippen LogP contribution is 2.21. The van der Waals surface area contributed by atoms with Crippen molar-refractivity contribution < 1.29 is 22.1 Å². The van der Waals surface area contributed by atoms with Crippen LogP contribution < -0.4 is 0 Å². The third-order valence-corrected chi connectivity index (χ3v) is 5.58. The number of ether oxygens (including phenoxy) is 1. The highest BCUT2D eigenvalue weighted by Gasteiger charge is 2.15. The Morgan fingerprint density at radius 1 is 1.11 bits per heavy atom. The van der Waals surface area contributed by atoms with Crippen LogP contribution >= 0.6 is 0 Å². The third-order valence-electron chi connectivity index (χ3n) is 4.26. The summed E-state index contributed by atoms with van der Waals surface area (Å²) in [6.07, 6.45) is 1.12. The van der Waals surface area contributed by atoms with Crippen molar-refractivity contribution >= 4 is 27.0 Å². The molecule has 27 heavy (non-hydrogen) atoms. The molecule has 3 aromatic rings. The zero-order valence-corrected chi connectivity index (χ0v) is 16.0. The summed E-state index contributed by atoms with van der Waals surface area (Å²) in [5, 5.41) is 0.904. The number of aryl methyl sites for hydroxylation is 2. The Hall–Kier alpha value is -2.64. The van der Waals surface area contributed by atoms with Crippen LogP contribution in [-0.4, -0.2) is 33.1 Å². The van der Waals surface area contributed by atoms with Crippen molar-refractivity contribution in [3.8, 4) is 0 Å². The van der Waals surface area contributed by atoms with Gasteiger partial charge in [-0.25, -0.2) is 4.79 Å². The van der Waals surface area contributed by atoms with Gasteiger partial charge in [0.2, 0.25) is 0 Å². The van der Waals surface area contributed by atoms with Gasteiger partial charge in [0, 0.05) is 11.1 Å². The van der Waals surface area contributed by atoms with Gasteiger partial charge in [-0.05, 0) is 44.0 Å². The molecule has 0 fully saturated rings. The standard InChI is InChI=1S/C20H21NO5S/c1-14-8-10-17(11-9-14)27(23,24)26-12-4-6-16-13-15-5-3-7-18(19(15)21-16)20(22)25-2/h3,5,7-11,13,21H,4,6,12H2,1-2H3. The lowest BCUT2D eigenvalue weighted by Gasteiger charge is -2.05. The maximum atomic E-state index is 12.2. The summed E-state index contributed by atoms with van der Waals surface area (Å²) in [6.45, 7) is 1.97. The predicted molar refractivity (Wildman–Crippen MR) is 102 cm³/mol. The van der Waals surface area contributed by atoms with Crippen LogP contribution in [0, 0.1) is 6.92 Å². The number of carbonyl (C=O) groups is 1. The van der Waals surface area contributed by atoms with Crippen LogP contribution in [0.5, 0.6) is 0 Å². The second-order valence-corrected chi connectivity index (χ2v) is 7.86. The first-order valence-electron chi connectivity index (χ1n) is 8.56. The monoisotopic (exact) mass is 387 g/mol. The van der Waals surface area contributed by atoms with Crippen molar-refractivity contribution in [3.63, 3.8) is 0 Å². The van der Waals surface area contributed by atoms with Crippen molar-refractivity contribution in [1.29, 1.82) is 0 Å². The molecule has 0 aliphatic heterocycles. The van der Waals surface area contributed by atoms with Crippen LogP contribution in [0.3, 0.4) is 0 Å². The Kier molecular flexibility index (Phi) is 5.62. The first-order chi connectivity index (χ1) is 12.9. The second-order valence-electron chi connectivity index (χ2n) is 6.25. The van der Waals surface area contributed by atoms with Crippen LogP contribution in [0.4, 0.5) is 0 Å². The molecule has 6 nitrogen and oxygen atoms in total. The molecule has 0 atom stereocenters. The zero-order chi connectivity index (χ0) is 19.4. The maximum Gasteiger partial charge on any atom is 0.339 e. The number of nitrogens with one attached hydrogen (secondary N) is 1. The van der Waals surface area contributed by atoms with Crippen LogP contribution in [0.25, 0.3) is 10.9 Å². The first-order valence-corrected chi connectivity index (χ1v) is 9.96. The van der Waals surface area contributed by atoms with Gasteiger partial charge in [-0.3, -0.25) is 4.18 Å². The Morgan fingerprint density at radius 3 is 2.56 bits per heavy atom. The minimum Gasteiger partial charge on any atom is -0.465 e. The maximum absolute atomic E-state index is 12.2. The van der Waals surface area contributed by atoms with Gasteiger partial charge in [-0.2, -0.15) is 8.42 Å². The van der Waals surface area contributed by atoms with Gasteiger partial charge in [0.1, 0.15) is 0 Å². The fourth-order valence-corrected chi connectivity index (χ4v) is 3.78. The minimum atomic E-state index is -3.75. The Bertz CT molecular complexity index is 1050. The average Bonchev–Trinajstić information content (AvgIpc) is 3.08. The molecule has 0 spiro atoms. The van der Waals surface area contributed by atoms with Gasteiger partial charge in [-0.1, -0.05) is 29.8 Å². The van der Waals surface area contributed by atoms with Crippen molar-refractivity contribution in [3.05, 3.63) is 65.4 Å². The van der Waals surface area contributed by atoms with Gasteiger partial charge in [0.25, 0.3) is 10.1 Å². The number of esters is 1. The summed E-state index contributed by atoms with van der Waals surface area (Å²) in [5.74, 6) is -0.401. The molecule has 0 unspecified atom stereocenters. The molecule has 0 aliphatic carbocycles. The van der Waals surface area contributed by atoms with Crippen molar-refractivity contribution in [2.75, 3.05) is 13.7 Å². The lowest BCUT2D eigenvalue weighted by Crippen LogP contribution is -2.08. The number of methoxy groups -OCH3 is 1. The number of hydrogen-bond acceptors (Lipinski definition) is 5. The Balaban J connectivity index is 1.62. The van der Waals surface area contributed by atoms with Crippen molar-refractivity contribution in [2.45, 2.75) is 24.7 Å². The van der Waals surface area contributed by atoms with Crippen LogP contribution in [-0.2, 0) is 25.5 Å². The molecule has 0 saturated carbocycles. The van der Waals surface area contributed by atoms with Crippen LogP contribution in [0.2, 0.25) is 0 Å². The molecular formula is C20H21NO5S. The van der Waals surface area contributed by atoms with Gasteiger partial charge in [0.05, 0.1) is 29.7 Å².